The standard InChI is InChI=1S/C24H37N3O4/c1-24(2,3)31-22(28)25-21-11-14-26(15-12-21)16-20-10-7-13-27(17-20)23(29)30-18-19-8-5-4-6-9-19/h4-6,8-9,20-21H,7,10-18H2,1-3H3,(H,25,28). The van der Waals surface area contributed by atoms with E-state index in [9.17, 15) is 9.59 Å². The molecule has 3 rings (SSSR count). The summed E-state index contributed by atoms with van der Waals surface area (Å²) in [5.41, 5.74) is 0.534. The summed E-state index contributed by atoms with van der Waals surface area (Å²) in [5, 5.41) is 2.99. The molecule has 0 saturated carbocycles. The first-order valence-electron chi connectivity index (χ1n) is 11.5. The van der Waals surface area contributed by atoms with Gasteiger partial charge < -0.3 is 24.6 Å². The van der Waals surface area contributed by atoms with Gasteiger partial charge in [-0.3, -0.25) is 0 Å². The van der Waals surface area contributed by atoms with Crippen molar-refractivity contribution in [2.75, 3.05) is 32.7 Å². The fourth-order valence-corrected chi connectivity index (χ4v) is 4.29. The number of hydrogen-bond donors (Lipinski definition) is 1. The van der Waals surface area contributed by atoms with E-state index in [1.807, 2.05) is 56.0 Å². The van der Waals surface area contributed by atoms with Gasteiger partial charge in [0.25, 0.3) is 0 Å². The molecule has 31 heavy (non-hydrogen) atoms. The van der Waals surface area contributed by atoms with E-state index in [1.165, 1.54) is 0 Å². The topological polar surface area (TPSA) is 71.1 Å². The predicted octanol–water partition coefficient (Wildman–Crippen LogP) is 4.02. The second kappa shape index (κ2) is 10.8. The molecule has 2 aliphatic heterocycles. The first-order chi connectivity index (χ1) is 14.8. The summed E-state index contributed by atoms with van der Waals surface area (Å²) in [6.45, 7) is 10.4. The highest BCUT2D eigenvalue weighted by atomic mass is 16.6. The average Bonchev–Trinajstić information content (AvgIpc) is 2.73. The fourth-order valence-electron chi connectivity index (χ4n) is 4.29. The lowest BCUT2D eigenvalue weighted by Crippen LogP contribution is -2.49. The molecule has 7 heteroatoms. The van der Waals surface area contributed by atoms with Gasteiger partial charge in [-0.1, -0.05) is 30.3 Å². The molecule has 172 valence electrons. The van der Waals surface area contributed by atoms with Crippen LogP contribution in [0.15, 0.2) is 30.3 Å². The molecule has 2 heterocycles. The Morgan fingerprint density at radius 1 is 1.06 bits per heavy atom. The Morgan fingerprint density at radius 3 is 2.45 bits per heavy atom. The van der Waals surface area contributed by atoms with E-state index in [0.717, 1.165) is 64.0 Å². The smallest absolute Gasteiger partial charge is 0.410 e. The van der Waals surface area contributed by atoms with Crippen molar-refractivity contribution in [2.24, 2.45) is 5.92 Å². The quantitative estimate of drug-likeness (QED) is 0.762. The molecule has 1 aromatic carbocycles. The van der Waals surface area contributed by atoms with Gasteiger partial charge in [0.2, 0.25) is 0 Å². The van der Waals surface area contributed by atoms with Crippen LogP contribution in [0.2, 0.25) is 0 Å². The molecule has 1 atom stereocenters. The first kappa shape index (κ1) is 23.4. The van der Waals surface area contributed by atoms with E-state index < -0.39 is 5.60 Å². The van der Waals surface area contributed by atoms with Crippen LogP contribution in [0.25, 0.3) is 0 Å². The zero-order chi connectivity index (χ0) is 22.3. The number of likely N-dealkylation sites (tertiary alicyclic amines) is 2. The van der Waals surface area contributed by atoms with Crippen LogP contribution in [0.1, 0.15) is 52.0 Å². The average molecular weight is 432 g/mol. The number of alkyl carbamates (subject to hydrolysis) is 1. The summed E-state index contributed by atoms with van der Waals surface area (Å²) < 4.78 is 10.9. The zero-order valence-electron chi connectivity index (χ0n) is 19.1. The van der Waals surface area contributed by atoms with Gasteiger partial charge in [0.05, 0.1) is 0 Å². The SMILES string of the molecule is CC(C)(C)OC(=O)NC1CCN(CC2CCCN(C(=O)OCc3ccccc3)C2)CC1. The molecule has 0 spiro atoms. The van der Waals surface area contributed by atoms with E-state index >= 15 is 0 Å². The second-order valence-corrected chi connectivity index (χ2v) is 9.72. The fraction of sp³-hybridized carbons (Fsp3) is 0.667. The third kappa shape index (κ3) is 8.05. The van der Waals surface area contributed by atoms with Gasteiger partial charge in [0.1, 0.15) is 12.2 Å². The van der Waals surface area contributed by atoms with Crippen molar-refractivity contribution in [1.82, 2.24) is 15.1 Å². The van der Waals surface area contributed by atoms with Gasteiger partial charge in [0.15, 0.2) is 0 Å². The van der Waals surface area contributed by atoms with Crippen LogP contribution in [-0.2, 0) is 16.1 Å². The minimum atomic E-state index is -0.472. The highest BCUT2D eigenvalue weighted by molar-refractivity contribution is 5.68. The molecule has 0 aromatic heterocycles. The van der Waals surface area contributed by atoms with E-state index in [4.69, 9.17) is 9.47 Å². The lowest BCUT2D eigenvalue weighted by molar-refractivity contribution is 0.0467. The second-order valence-electron chi connectivity index (χ2n) is 9.72. The number of benzene rings is 1. The summed E-state index contributed by atoms with van der Waals surface area (Å²) in [7, 11) is 0. The summed E-state index contributed by atoms with van der Waals surface area (Å²) in [4.78, 5) is 28.8. The summed E-state index contributed by atoms with van der Waals surface area (Å²) >= 11 is 0. The van der Waals surface area contributed by atoms with Gasteiger partial charge in [-0.25, -0.2) is 9.59 Å². The number of hydrogen-bond acceptors (Lipinski definition) is 5. The molecule has 1 unspecified atom stereocenters. The number of carbonyl (C=O) groups is 2. The molecule has 0 bridgehead atoms. The van der Waals surface area contributed by atoms with Crippen molar-refractivity contribution in [3.8, 4) is 0 Å². The van der Waals surface area contributed by atoms with Crippen molar-refractivity contribution >= 4 is 12.2 Å². The molecule has 0 aliphatic carbocycles. The number of nitrogens with one attached hydrogen (secondary N) is 1. The van der Waals surface area contributed by atoms with Crippen molar-refractivity contribution < 1.29 is 19.1 Å². The number of rotatable bonds is 5. The third-order valence-corrected chi connectivity index (χ3v) is 5.81. The number of nitrogens with zero attached hydrogens (tertiary/aromatic N) is 2. The summed E-state index contributed by atoms with van der Waals surface area (Å²) in [6, 6.07) is 9.96. The number of amides is 2. The zero-order valence-corrected chi connectivity index (χ0v) is 19.1. The van der Waals surface area contributed by atoms with Gasteiger partial charge in [-0.2, -0.15) is 0 Å². The molecule has 2 fully saturated rings. The van der Waals surface area contributed by atoms with Gasteiger partial charge in [-0.05, 0) is 57.9 Å². The van der Waals surface area contributed by atoms with Crippen molar-refractivity contribution in [3.63, 3.8) is 0 Å². The molecule has 2 saturated heterocycles. The van der Waals surface area contributed by atoms with Crippen molar-refractivity contribution in [1.29, 1.82) is 0 Å². The Bertz CT molecular complexity index is 711. The van der Waals surface area contributed by atoms with Crippen LogP contribution < -0.4 is 5.32 Å². The lowest BCUT2D eigenvalue weighted by atomic mass is 9.96. The maximum atomic E-state index is 12.5. The molecule has 1 N–H and O–H groups in total. The van der Waals surface area contributed by atoms with E-state index in [2.05, 4.69) is 10.2 Å². The largest absolute Gasteiger partial charge is 0.445 e. The Kier molecular flexibility index (Phi) is 8.18. The molecule has 0 radical (unpaired) electrons. The number of carbonyl (C=O) groups excluding carboxylic acids is 2. The minimum Gasteiger partial charge on any atom is -0.445 e. The van der Waals surface area contributed by atoms with E-state index in [-0.39, 0.29) is 18.2 Å². The van der Waals surface area contributed by atoms with Crippen LogP contribution in [0.4, 0.5) is 9.59 Å². The Hall–Kier alpha value is -2.28. The van der Waals surface area contributed by atoms with Crippen LogP contribution in [0, 0.1) is 5.92 Å². The van der Waals surface area contributed by atoms with Crippen molar-refractivity contribution in [3.05, 3.63) is 35.9 Å². The van der Waals surface area contributed by atoms with Gasteiger partial charge in [0, 0.05) is 38.8 Å². The lowest BCUT2D eigenvalue weighted by Gasteiger charge is -2.38. The Morgan fingerprint density at radius 2 is 1.77 bits per heavy atom. The molecule has 7 nitrogen and oxygen atoms in total. The predicted molar refractivity (Wildman–Crippen MR) is 120 cm³/mol. The number of piperidine rings is 2. The van der Waals surface area contributed by atoms with Gasteiger partial charge in [-0.15, -0.1) is 0 Å². The first-order valence-corrected chi connectivity index (χ1v) is 11.5. The highest BCUT2D eigenvalue weighted by Gasteiger charge is 2.28. The van der Waals surface area contributed by atoms with Crippen molar-refractivity contribution in [2.45, 2.75) is 64.7 Å². The maximum absolute atomic E-state index is 12.5. The number of ether oxygens (including phenoxy) is 2. The molecular formula is C24H37N3O4. The highest BCUT2D eigenvalue weighted by Crippen LogP contribution is 2.21. The van der Waals surface area contributed by atoms with Crippen LogP contribution in [0.3, 0.4) is 0 Å². The third-order valence-electron chi connectivity index (χ3n) is 5.81. The molecule has 1 aromatic rings. The molecule has 2 amide bonds. The van der Waals surface area contributed by atoms with Gasteiger partial charge >= 0.3 is 12.2 Å². The maximum Gasteiger partial charge on any atom is 0.410 e. The van der Waals surface area contributed by atoms with Crippen LogP contribution in [-0.4, -0.2) is 66.4 Å². The minimum absolute atomic E-state index is 0.168. The molecule has 2 aliphatic rings. The van der Waals surface area contributed by atoms with E-state index in [0.29, 0.717) is 12.5 Å². The summed E-state index contributed by atoms with van der Waals surface area (Å²) in [6.07, 6.45) is 3.46. The van der Waals surface area contributed by atoms with Crippen LogP contribution >= 0.6 is 0 Å². The van der Waals surface area contributed by atoms with Crippen LogP contribution in [0.5, 0.6) is 0 Å². The Labute approximate surface area is 186 Å². The Balaban J connectivity index is 1.37. The van der Waals surface area contributed by atoms with E-state index in [1.54, 1.807) is 0 Å². The monoisotopic (exact) mass is 431 g/mol. The molecular weight excluding hydrogens is 394 g/mol. The summed E-state index contributed by atoms with van der Waals surface area (Å²) in [5.74, 6) is 0.466. The normalized spacial score (nSPS) is 20.9.